The highest BCUT2D eigenvalue weighted by molar-refractivity contribution is 7.09. The Hall–Kier alpha value is -1.92. The van der Waals surface area contributed by atoms with E-state index in [0.29, 0.717) is 0 Å². The van der Waals surface area contributed by atoms with E-state index in [-0.39, 0.29) is 18.1 Å². The van der Waals surface area contributed by atoms with Gasteiger partial charge in [-0.1, -0.05) is 30.3 Å². The summed E-state index contributed by atoms with van der Waals surface area (Å²) in [5.41, 5.74) is 0.779. The number of nitrogens with zero attached hydrogens (tertiary/aromatic N) is 2. The van der Waals surface area contributed by atoms with Crippen molar-refractivity contribution in [2.24, 2.45) is 0 Å². The molecule has 2 heterocycles. The van der Waals surface area contributed by atoms with Gasteiger partial charge in [-0.15, -0.1) is 11.3 Å². The van der Waals surface area contributed by atoms with E-state index in [1.807, 2.05) is 38.4 Å². The highest BCUT2D eigenvalue weighted by Gasteiger charge is 2.37. The normalized spacial score (nSPS) is 21.2. The van der Waals surface area contributed by atoms with Crippen molar-refractivity contribution in [3.8, 4) is 0 Å². The second-order valence-corrected chi connectivity index (χ2v) is 8.34. The summed E-state index contributed by atoms with van der Waals surface area (Å²) in [4.78, 5) is 19.1. The van der Waals surface area contributed by atoms with Crippen molar-refractivity contribution in [2.45, 2.75) is 44.9 Å². The van der Waals surface area contributed by atoms with Gasteiger partial charge in [0.1, 0.15) is 5.60 Å². The Morgan fingerprint density at radius 2 is 2.08 bits per heavy atom. The summed E-state index contributed by atoms with van der Waals surface area (Å²) < 4.78 is 5.43. The van der Waals surface area contributed by atoms with Crippen molar-refractivity contribution in [3.05, 3.63) is 52.5 Å². The predicted octanol–water partition coefficient (Wildman–Crippen LogP) is 3.64. The van der Waals surface area contributed by atoms with Crippen LogP contribution >= 0.6 is 11.3 Å². The van der Waals surface area contributed by atoms with E-state index in [9.17, 15) is 4.79 Å². The molecule has 1 aromatic carbocycles. The molecule has 0 spiro atoms. The molecule has 1 aliphatic rings. The van der Waals surface area contributed by atoms with Gasteiger partial charge in [-0.3, -0.25) is 4.90 Å². The number of likely N-dealkylation sites (tertiary alicyclic amines) is 1. The number of benzene rings is 1. The third-order valence-electron chi connectivity index (χ3n) is 4.12. The zero-order chi connectivity index (χ0) is 17.9. The van der Waals surface area contributed by atoms with E-state index < -0.39 is 5.60 Å². The molecule has 0 radical (unpaired) electrons. The van der Waals surface area contributed by atoms with Gasteiger partial charge in [0.05, 0.1) is 11.0 Å². The van der Waals surface area contributed by atoms with E-state index >= 15 is 0 Å². The zero-order valence-corrected chi connectivity index (χ0v) is 15.8. The number of ether oxygens (including phenoxy) is 1. The van der Waals surface area contributed by atoms with E-state index in [0.717, 1.165) is 24.6 Å². The monoisotopic (exact) mass is 359 g/mol. The first-order valence-corrected chi connectivity index (χ1v) is 9.44. The quantitative estimate of drug-likeness (QED) is 0.906. The van der Waals surface area contributed by atoms with Crippen molar-refractivity contribution in [1.82, 2.24) is 15.2 Å². The summed E-state index contributed by atoms with van der Waals surface area (Å²) in [6.07, 6.45) is 1.46. The smallest absolute Gasteiger partial charge is 0.407 e. The van der Waals surface area contributed by atoms with Crippen molar-refractivity contribution >= 4 is 17.4 Å². The van der Waals surface area contributed by atoms with Crippen LogP contribution < -0.4 is 5.32 Å². The van der Waals surface area contributed by atoms with Crippen LogP contribution in [0.3, 0.4) is 0 Å². The molecule has 6 heteroatoms. The first kappa shape index (κ1) is 17.9. The highest BCUT2D eigenvalue weighted by atomic mass is 32.1. The highest BCUT2D eigenvalue weighted by Crippen LogP contribution is 2.30. The number of thiazole rings is 1. The molecule has 1 saturated heterocycles. The van der Waals surface area contributed by atoms with Crippen LogP contribution in [-0.2, 0) is 11.3 Å². The summed E-state index contributed by atoms with van der Waals surface area (Å²) in [5.74, 6) is 0.191. The maximum atomic E-state index is 12.2. The molecule has 134 valence electrons. The first-order chi connectivity index (χ1) is 11.9. The Kier molecular flexibility index (Phi) is 5.39. The summed E-state index contributed by atoms with van der Waals surface area (Å²) >= 11 is 1.64. The molecule has 3 rings (SSSR count). The van der Waals surface area contributed by atoms with Crippen LogP contribution in [0.2, 0.25) is 0 Å². The fraction of sp³-hybridized carbons (Fsp3) is 0.474. The molecular formula is C19H25N3O2S. The molecule has 1 fully saturated rings. The van der Waals surface area contributed by atoms with Crippen molar-refractivity contribution in [3.63, 3.8) is 0 Å². The van der Waals surface area contributed by atoms with Crippen molar-refractivity contribution in [1.29, 1.82) is 0 Å². The lowest BCUT2D eigenvalue weighted by molar-refractivity contribution is 0.0502. The summed E-state index contributed by atoms with van der Waals surface area (Å²) in [6.45, 7) is 8.17. The van der Waals surface area contributed by atoms with Crippen LogP contribution in [0.5, 0.6) is 0 Å². The van der Waals surface area contributed by atoms with E-state index in [1.165, 1.54) is 5.56 Å². The van der Waals surface area contributed by atoms with Gasteiger partial charge in [0.15, 0.2) is 0 Å². The van der Waals surface area contributed by atoms with E-state index in [1.54, 1.807) is 11.3 Å². The lowest BCUT2D eigenvalue weighted by atomic mass is 10.1. The van der Waals surface area contributed by atoms with Gasteiger partial charge in [-0.05, 0) is 26.3 Å². The Balaban J connectivity index is 1.69. The minimum Gasteiger partial charge on any atom is -0.444 e. The molecule has 25 heavy (non-hydrogen) atoms. The molecule has 2 unspecified atom stereocenters. The van der Waals surface area contributed by atoms with Gasteiger partial charge in [-0.2, -0.15) is 0 Å². The minimum absolute atomic E-state index is 0.00436. The standard InChI is InChI=1S/C19H25N3O2S/c1-19(2,3)24-18(23)21-16-13-22(11-14-7-5-4-6-8-14)12-15(16)17-20-9-10-25-17/h4-10,15-16H,11-13H2,1-3H3,(H,21,23). The third kappa shape index (κ3) is 5.03. The summed E-state index contributed by atoms with van der Waals surface area (Å²) in [5, 5.41) is 6.11. The molecule has 1 aliphatic heterocycles. The zero-order valence-electron chi connectivity index (χ0n) is 14.9. The maximum absolute atomic E-state index is 12.2. The molecular weight excluding hydrogens is 334 g/mol. The molecule has 2 aromatic rings. The molecule has 0 bridgehead atoms. The van der Waals surface area contributed by atoms with E-state index in [2.05, 4.69) is 39.5 Å². The van der Waals surface area contributed by atoms with Gasteiger partial charge in [0.25, 0.3) is 0 Å². The Labute approximate surface area is 153 Å². The lowest BCUT2D eigenvalue weighted by Crippen LogP contribution is -2.42. The SMILES string of the molecule is CC(C)(C)OC(=O)NC1CN(Cc2ccccc2)CC1c1nccs1. The predicted molar refractivity (Wildman–Crippen MR) is 99.7 cm³/mol. The van der Waals surface area contributed by atoms with E-state index in [4.69, 9.17) is 4.74 Å². The number of nitrogens with one attached hydrogen (secondary N) is 1. The fourth-order valence-corrected chi connectivity index (χ4v) is 3.93. The number of hydrogen-bond acceptors (Lipinski definition) is 5. The largest absolute Gasteiger partial charge is 0.444 e. The number of carbonyl (C=O) groups excluding carboxylic acids is 1. The number of rotatable bonds is 4. The molecule has 0 aliphatic carbocycles. The van der Waals surface area contributed by atoms with Crippen LogP contribution in [0.4, 0.5) is 4.79 Å². The maximum Gasteiger partial charge on any atom is 0.407 e. The van der Waals surface area contributed by atoms with Gasteiger partial charge >= 0.3 is 6.09 Å². The summed E-state index contributed by atoms with van der Waals surface area (Å²) in [7, 11) is 0. The van der Waals surface area contributed by atoms with Gasteiger partial charge in [0.2, 0.25) is 0 Å². The molecule has 2 atom stereocenters. The number of amides is 1. The van der Waals surface area contributed by atoms with Crippen LogP contribution in [-0.4, -0.2) is 40.7 Å². The average molecular weight is 359 g/mol. The molecule has 1 aromatic heterocycles. The number of aromatic nitrogens is 1. The van der Waals surface area contributed by atoms with Gasteiger partial charge in [-0.25, -0.2) is 9.78 Å². The summed E-state index contributed by atoms with van der Waals surface area (Å²) in [6, 6.07) is 10.4. The number of alkyl carbamates (subject to hydrolysis) is 1. The third-order valence-corrected chi connectivity index (χ3v) is 5.02. The minimum atomic E-state index is -0.497. The molecule has 1 N–H and O–H groups in total. The topological polar surface area (TPSA) is 54.5 Å². The van der Waals surface area contributed by atoms with Gasteiger partial charge < -0.3 is 10.1 Å². The Bertz CT molecular complexity index is 682. The second kappa shape index (κ2) is 7.54. The van der Waals surface area contributed by atoms with Gasteiger partial charge in [0, 0.05) is 37.1 Å². The lowest BCUT2D eigenvalue weighted by Gasteiger charge is -2.23. The Morgan fingerprint density at radius 3 is 2.72 bits per heavy atom. The van der Waals surface area contributed by atoms with Crippen LogP contribution in [0.1, 0.15) is 37.3 Å². The molecule has 0 saturated carbocycles. The van der Waals surface area contributed by atoms with Crippen LogP contribution in [0, 0.1) is 0 Å². The second-order valence-electron chi connectivity index (χ2n) is 7.41. The Morgan fingerprint density at radius 1 is 1.32 bits per heavy atom. The number of hydrogen-bond donors (Lipinski definition) is 1. The van der Waals surface area contributed by atoms with Crippen LogP contribution in [0.15, 0.2) is 41.9 Å². The van der Waals surface area contributed by atoms with Crippen molar-refractivity contribution in [2.75, 3.05) is 13.1 Å². The molecule has 5 nitrogen and oxygen atoms in total. The van der Waals surface area contributed by atoms with Crippen LogP contribution in [0.25, 0.3) is 0 Å². The first-order valence-electron chi connectivity index (χ1n) is 8.56. The fourth-order valence-electron chi connectivity index (χ4n) is 3.13. The number of carbonyl (C=O) groups is 1. The van der Waals surface area contributed by atoms with Crippen molar-refractivity contribution < 1.29 is 9.53 Å². The molecule has 1 amide bonds. The average Bonchev–Trinajstić information content (AvgIpc) is 3.16.